The van der Waals surface area contributed by atoms with Gasteiger partial charge < -0.3 is 9.80 Å². The van der Waals surface area contributed by atoms with E-state index in [1.165, 1.54) is 0 Å². The number of halogens is 1. The fraction of sp³-hybridized carbons (Fsp3) is 0.364. The molecule has 1 unspecified atom stereocenters. The molecule has 2 amide bonds. The predicted octanol–water partition coefficient (Wildman–Crippen LogP) is 3.81. The van der Waals surface area contributed by atoms with Gasteiger partial charge in [-0.25, -0.2) is 0 Å². The van der Waals surface area contributed by atoms with Crippen molar-refractivity contribution < 1.29 is 9.59 Å². The summed E-state index contributed by atoms with van der Waals surface area (Å²) < 4.78 is 0. The van der Waals surface area contributed by atoms with E-state index in [0.717, 1.165) is 11.1 Å². The zero-order chi connectivity index (χ0) is 19.4. The maximum Gasteiger partial charge on any atom is 0.253 e. The summed E-state index contributed by atoms with van der Waals surface area (Å²) in [4.78, 5) is 29.1. The molecule has 1 heterocycles. The van der Waals surface area contributed by atoms with Crippen molar-refractivity contribution in [3.63, 3.8) is 0 Å². The van der Waals surface area contributed by atoms with Gasteiger partial charge in [0.15, 0.2) is 0 Å². The number of benzene rings is 2. The molecule has 1 aliphatic heterocycles. The Balaban J connectivity index is 1.54. The molecule has 1 aliphatic rings. The Morgan fingerprint density at radius 2 is 1.63 bits per heavy atom. The van der Waals surface area contributed by atoms with E-state index in [1.807, 2.05) is 72.2 Å². The van der Waals surface area contributed by atoms with Crippen LogP contribution < -0.4 is 0 Å². The molecule has 0 N–H and O–H groups in total. The molecule has 4 nitrogen and oxygen atoms in total. The van der Waals surface area contributed by atoms with Gasteiger partial charge in [0.1, 0.15) is 0 Å². The molecule has 3 rings (SSSR count). The number of piperazine rings is 1. The topological polar surface area (TPSA) is 40.6 Å². The fourth-order valence-electron chi connectivity index (χ4n) is 3.46. The van der Waals surface area contributed by atoms with Crippen molar-refractivity contribution in [2.24, 2.45) is 5.92 Å². The number of carbonyl (C=O) groups is 2. The summed E-state index contributed by atoms with van der Waals surface area (Å²) >= 11 is 5.92. The molecule has 0 bridgehead atoms. The Bertz CT molecular complexity index is 811. The van der Waals surface area contributed by atoms with Gasteiger partial charge in [-0.1, -0.05) is 48.4 Å². The number of amides is 2. The number of carbonyl (C=O) groups excluding carboxylic acids is 2. The van der Waals surface area contributed by atoms with Crippen LogP contribution in [-0.2, 0) is 11.2 Å². The molecule has 1 atom stereocenters. The highest BCUT2D eigenvalue weighted by Gasteiger charge is 2.27. The van der Waals surface area contributed by atoms with Crippen LogP contribution in [0, 0.1) is 12.8 Å². The third-order valence-electron chi connectivity index (χ3n) is 5.02. The van der Waals surface area contributed by atoms with Gasteiger partial charge in [0.25, 0.3) is 5.91 Å². The van der Waals surface area contributed by atoms with Crippen molar-refractivity contribution >= 4 is 23.4 Å². The van der Waals surface area contributed by atoms with Crippen LogP contribution in [-0.4, -0.2) is 47.8 Å². The van der Waals surface area contributed by atoms with Crippen LogP contribution in [0.5, 0.6) is 0 Å². The summed E-state index contributed by atoms with van der Waals surface area (Å²) in [5, 5.41) is 0.701. The molecular formula is C22H25ClN2O2. The maximum absolute atomic E-state index is 12.8. The van der Waals surface area contributed by atoms with Crippen LogP contribution in [0.1, 0.15) is 28.4 Å². The predicted molar refractivity (Wildman–Crippen MR) is 108 cm³/mol. The Kier molecular flexibility index (Phi) is 6.17. The highest BCUT2D eigenvalue weighted by atomic mass is 35.5. The smallest absolute Gasteiger partial charge is 0.253 e. The van der Waals surface area contributed by atoms with Crippen LogP contribution in [0.4, 0.5) is 0 Å². The molecule has 1 fully saturated rings. The third kappa shape index (κ3) is 4.89. The second-order valence-corrected chi connectivity index (χ2v) is 7.66. The summed E-state index contributed by atoms with van der Waals surface area (Å²) in [6.45, 7) is 6.26. The summed E-state index contributed by atoms with van der Waals surface area (Å²) in [6.07, 6.45) is 0.693. The molecule has 0 spiro atoms. The lowest BCUT2D eigenvalue weighted by Gasteiger charge is -2.36. The lowest BCUT2D eigenvalue weighted by Crippen LogP contribution is -2.51. The molecular weight excluding hydrogens is 360 g/mol. The normalized spacial score (nSPS) is 15.5. The summed E-state index contributed by atoms with van der Waals surface area (Å²) in [6, 6.07) is 15.3. The molecule has 1 saturated heterocycles. The highest BCUT2D eigenvalue weighted by molar-refractivity contribution is 6.30. The molecule has 0 saturated carbocycles. The first kappa shape index (κ1) is 19.4. The van der Waals surface area contributed by atoms with E-state index in [-0.39, 0.29) is 17.7 Å². The molecule has 2 aromatic carbocycles. The average Bonchev–Trinajstić information content (AvgIpc) is 2.68. The van der Waals surface area contributed by atoms with Crippen molar-refractivity contribution in [1.29, 1.82) is 0 Å². The first-order valence-electron chi connectivity index (χ1n) is 9.33. The van der Waals surface area contributed by atoms with E-state index in [2.05, 4.69) is 0 Å². The Hall–Kier alpha value is -2.33. The van der Waals surface area contributed by atoms with Gasteiger partial charge in [0, 0.05) is 42.7 Å². The second kappa shape index (κ2) is 8.57. The first-order valence-corrected chi connectivity index (χ1v) is 9.71. The number of nitrogens with zero attached hydrogens (tertiary/aromatic N) is 2. The molecule has 2 aromatic rings. The summed E-state index contributed by atoms with van der Waals surface area (Å²) in [5.74, 6) is 0.0952. The molecule has 0 aliphatic carbocycles. The van der Waals surface area contributed by atoms with Crippen LogP contribution in [0.15, 0.2) is 48.5 Å². The lowest BCUT2D eigenvalue weighted by molar-refractivity contribution is -0.136. The largest absolute Gasteiger partial charge is 0.339 e. The highest BCUT2D eigenvalue weighted by Crippen LogP contribution is 2.17. The summed E-state index contributed by atoms with van der Waals surface area (Å²) in [5.41, 5.74) is 2.89. The van der Waals surface area contributed by atoms with Gasteiger partial charge in [0.2, 0.25) is 5.91 Å². The van der Waals surface area contributed by atoms with Crippen LogP contribution in [0.3, 0.4) is 0 Å². The zero-order valence-electron chi connectivity index (χ0n) is 15.8. The molecule has 0 radical (unpaired) electrons. The van der Waals surface area contributed by atoms with Crippen LogP contribution >= 0.6 is 11.6 Å². The fourth-order valence-corrected chi connectivity index (χ4v) is 3.59. The number of hydrogen-bond donors (Lipinski definition) is 0. The van der Waals surface area contributed by atoms with E-state index in [0.29, 0.717) is 43.2 Å². The van der Waals surface area contributed by atoms with Gasteiger partial charge in [-0.2, -0.15) is 0 Å². The van der Waals surface area contributed by atoms with E-state index in [9.17, 15) is 9.59 Å². The van der Waals surface area contributed by atoms with E-state index in [4.69, 9.17) is 11.6 Å². The monoisotopic (exact) mass is 384 g/mol. The van der Waals surface area contributed by atoms with Gasteiger partial charge in [-0.3, -0.25) is 9.59 Å². The molecule has 0 aromatic heterocycles. The van der Waals surface area contributed by atoms with E-state index >= 15 is 0 Å². The minimum absolute atomic E-state index is 0.0417. The maximum atomic E-state index is 12.8. The van der Waals surface area contributed by atoms with Gasteiger partial charge in [0.05, 0.1) is 0 Å². The van der Waals surface area contributed by atoms with Gasteiger partial charge in [-0.05, 0) is 43.2 Å². The lowest BCUT2D eigenvalue weighted by atomic mass is 9.99. The standard InChI is InChI=1S/C22H25ClN2O2/c1-16-4-3-5-19(14-16)22(27)25-12-10-24(11-13-25)21(26)17(2)15-18-6-8-20(23)9-7-18/h3-9,14,17H,10-13,15H2,1-2H3. The zero-order valence-corrected chi connectivity index (χ0v) is 16.6. The van der Waals surface area contributed by atoms with Crippen LogP contribution in [0.2, 0.25) is 5.02 Å². The third-order valence-corrected chi connectivity index (χ3v) is 5.27. The van der Waals surface area contributed by atoms with Crippen molar-refractivity contribution in [2.75, 3.05) is 26.2 Å². The van der Waals surface area contributed by atoms with Gasteiger partial charge in [-0.15, -0.1) is 0 Å². The van der Waals surface area contributed by atoms with E-state index < -0.39 is 0 Å². The van der Waals surface area contributed by atoms with Crippen molar-refractivity contribution in [2.45, 2.75) is 20.3 Å². The SMILES string of the molecule is Cc1cccc(C(=O)N2CCN(C(=O)C(C)Cc3ccc(Cl)cc3)CC2)c1. The Morgan fingerprint density at radius 1 is 1.00 bits per heavy atom. The summed E-state index contributed by atoms with van der Waals surface area (Å²) in [7, 11) is 0. The quantitative estimate of drug-likeness (QED) is 0.804. The second-order valence-electron chi connectivity index (χ2n) is 7.22. The Morgan fingerprint density at radius 3 is 2.26 bits per heavy atom. The molecule has 5 heteroatoms. The van der Waals surface area contributed by atoms with Crippen molar-refractivity contribution in [3.05, 3.63) is 70.2 Å². The number of rotatable bonds is 4. The van der Waals surface area contributed by atoms with Crippen molar-refractivity contribution in [3.8, 4) is 0 Å². The molecule has 142 valence electrons. The van der Waals surface area contributed by atoms with Crippen LogP contribution in [0.25, 0.3) is 0 Å². The first-order chi connectivity index (χ1) is 12.9. The van der Waals surface area contributed by atoms with Gasteiger partial charge >= 0.3 is 0 Å². The number of hydrogen-bond acceptors (Lipinski definition) is 2. The molecule has 27 heavy (non-hydrogen) atoms. The van der Waals surface area contributed by atoms with E-state index in [1.54, 1.807) is 0 Å². The number of aryl methyl sites for hydroxylation is 1. The Labute approximate surface area is 165 Å². The minimum atomic E-state index is -0.0924. The average molecular weight is 385 g/mol. The minimum Gasteiger partial charge on any atom is -0.339 e. The van der Waals surface area contributed by atoms with Crippen molar-refractivity contribution in [1.82, 2.24) is 9.80 Å².